The van der Waals surface area contributed by atoms with E-state index in [1.165, 1.54) is 12.1 Å². The molecule has 2 rings (SSSR count). The molecule has 1 aromatic carbocycles. The van der Waals surface area contributed by atoms with Crippen molar-refractivity contribution in [2.75, 3.05) is 12.4 Å². The second-order valence-electron chi connectivity index (χ2n) is 3.73. The van der Waals surface area contributed by atoms with Crippen LogP contribution >= 0.6 is 27.5 Å². The van der Waals surface area contributed by atoms with Gasteiger partial charge in [-0.1, -0.05) is 11.6 Å². The zero-order chi connectivity index (χ0) is 14.7. The Hall–Kier alpha value is -1.86. The number of pyridine rings is 1. The largest absolute Gasteiger partial charge is 0.496 e. The van der Waals surface area contributed by atoms with Crippen LogP contribution in [0.5, 0.6) is 5.75 Å². The van der Waals surface area contributed by atoms with Gasteiger partial charge in [-0.3, -0.25) is 10.1 Å². The van der Waals surface area contributed by atoms with E-state index < -0.39 is 4.92 Å². The highest BCUT2D eigenvalue weighted by Gasteiger charge is 2.16. The number of nitro groups is 1. The van der Waals surface area contributed by atoms with Gasteiger partial charge in [0.2, 0.25) is 5.82 Å². The van der Waals surface area contributed by atoms with Gasteiger partial charge in [-0.15, -0.1) is 0 Å². The topological polar surface area (TPSA) is 77.3 Å². The van der Waals surface area contributed by atoms with Gasteiger partial charge >= 0.3 is 5.69 Å². The summed E-state index contributed by atoms with van der Waals surface area (Å²) in [5.74, 6) is 0.740. The van der Waals surface area contributed by atoms with E-state index >= 15 is 0 Å². The zero-order valence-corrected chi connectivity index (χ0v) is 12.6. The molecule has 0 radical (unpaired) electrons. The molecule has 0 bridgehead atoms. The summed E-state index contributed by atoms with van der Waals surface area (Å²) in [6.07, 6.45) is 0. The predicted molar refractivity (Wildman–Crippen MR) is 79.9 cm³/mol. The van der Waals surface area contributed by atoms with Crippen molar-refractivity contribution in [1.29, 1.82) is 0 Å². The third-order valence-electron chi connectivity index (χ3n) is 2.45. The maximum atomic E-state index is 10.9. The number of aromatic nitrogens is 1. The molecule has 1 aromatic heterocycles. The number of benzene rings is 1. The molecule has 0 atom stereocenters. The first-order valence-corrected chi connectivity index (χ1v) is 6.60. The lowest BCUT2D eigenvalue weighted by atomic mass is 10.3. The Morgan fingerprint density at radius 1 is 1.40 bits per heavy atom. The summed E-state index contributed by atoms with van der Waals surface area (Å²) in [4.78, 5) is 14.3. The Bertz CT molecular complexity index is 666. The molecular formula is C12H9BrClN3O3. The fraction of sp³-hybridized carbons (Fsp3) is 0.0833. The van der Waals surface area contributed by atoms with E-state index in [1.807, 2.05) is 0 Å². The molecule has 0 unspecified atom stereocenters. The number of nitrogens with zero attached hydrogens (tertiary/aromatic N) is 2. The molecule has 0 saturated carbocycles. The predicted octanol–water partition coefficient (Wildman–Crippen LogP) is 4.16. The van der Waals surface area contributed by atoms with Crippen LogP contribution in [0.2, 0.25) is 5.15 Å². The first-order valence-electron chi connectivity index (χ1n) is 5.43. The Morgan fingerprint density at radius 3 is 2.75 bits per heavy atom. The average Bonchev–Trinajstić information content (AvgIpc) is 2.38. The summed E-state index contributed by atoms with van der Waals surface area (Å²) in [5.41, 5.74) is 0.469. The standard InChI is InChI=1S/C12H9BrClN3O3/c1-20-10-4-2-7(6-8(10)13)15-12-9(17(18)19)3-5-11(14)16-12/h2-6H,1H3,(H,15,16). The first-order chi connectivity index (χ1) is 9.51. The molecule has 0 amide bonds. The van der Waals surface area contributed by atoms with Crippen LogP contribution in [0.25, 0.3) is 0 Å². The molecule has 1 heterocycles. The molecule has 0 fully saturated rings. The highest BCUT2D eigenvalue weighted by atomic mass is 79.9. The van der Waals surface area contributed by atoms with Crippen LogP contribution in [0.1, 0.15) is 0 Å². The number of hydrogen-bond acceptors (Lipinski definition) is 5. The van der Waals surface area contributed by atoms with Crippen LogP contribution in [-0.2, 0) is 0 Å². The Labute approximate surface area is 128 Å². The second kappa shape index (κ2) is 6.06. The molecule has 104 valence electrons. The molecule has 0 spiro atoms. The maximum Gasteiger partial charge on any atom is 0.311 e. The second-order valence-corrected chi connectivity index (χ2v) is 4.97. The summed E-state index contributed by atoms with van der Waals surface area (Å²) < 4.78 is 5.83. The monoisotopic (exact) mass is 357 g/mol. The highest BCUT2D eigenvalue weighted by Crippen LogP contribution is 2.31. The number of ether oxygens (including phenoxy) is 1. The Morgan fingerprint density at radius 2 is 2.15 bits per heavy atom. The van der Waals surface area contributed by atoms with E-state index in [4.69, 9.17) is 16.3 Å². The van der Waals surface area contributed by atoms with E-state index in [1.54, 1.807) is 25.3 Å². The van der Waals surface area contributed by atoms with Gasteiger partial charge < -0.3 is 10.1 Å². The third kappa shape index (κ3) is 3.17. The summed E-state index contributed by atoms with van der Waals surface area (Å²) in [7, 11) is 1.55. The van der Waals surface area contributed by atoms with Crippen LogP contribution in [0.4, 0.5) is 17.2 Å². The van der Waals surface area contributed by atoms with E-state index in [0.29, 0.717) is 11.4 Å². The molecule has 0 saturated heterocycles. The fourth-order valence-corrected chi connectivity index (χ4v) is 2.24. The molecule has 6 nitrogen and oxygen atoms in total. The van der Waals surface area contributed by atoms with Crippen molar-refractivity contribution in [3.05, 3.63) is 50.1 Å². The summed E-state index contributed by atoms with van der Waals surface area (Å²) in [6.45, 7) is 0. The van der Waals surface area contributed by atoms with Crippen molar-refractivity contribution in [1.82, 2.24) is 4.98 Å². The molecule has 1 N–H and O–H groups in total. The zero-order valence-electron chi connectivity index (χ0n) is 10.3. The molecular weight excluding hydrogens is 350 g/mol. The number of nitrogens with one attached hydrogen (secondary N) is 1. The first kappa shape index (κ1) is 14.5. The van der Waals surface area contributed by atoms with Gasteiger partial charge in [0.15, 0.2) is 0 Å². The number of rotatable bonds is 4. The van der Waals surface area contributed by atoms with E-state index in [2.05, 4.69) is 26.2 Å². The van der Waals surface area contributed by atoms with Crippen LogP contribution in [0.3, 0.4) is 0 Å². The highest BCUT2D eigenvalue weighted by molar-refractivity contribution is 9.10. The number of hydrogen-bond donors (Lipinski definition) is 1. The SMILES string of the molecule is COc1ccc(Nc2nc(Cl)ccc2[N+](=O)[O-])cc1Br. The molecule has 0 aliphatic rings. The average molecular weight is 359 g/mol. The van der Waals surface area contributed by atoms with E-state index in [0.717, 1.165) is 4.47 Å². The smallest absolute Gasteiger partial charge is 0.311 e. The van der Waals surface area contributed by atoms with Crippen molar-refractivity contribution in [3.8, 4) is 5.75 Å². The normalized spacial score (nSPS) is 10.2. The minimum Gasteiger partial charge on any atom is -0.496 e. The number of anilines is 2. The molecule has 20 heavy (non-hydrogen) atoms. The summed E-state index contributed by atoms with van der Waals surface area (Å²) >= 11 is 9.10. The lowest BCUT2D eigenvalue weighted by Crippen LogP contribution is -2.00. The Balaban J connectivity index is 2.36. The van der Waals surface area contributed by atoms with Gasteiger partial charge in [-0.25, -0.2) is 4.98 Å². The van der Waals surface area contributed by atoms with Gasteiger partial charge in [0.1, 0.15) is 10.9 Å². The van der Waals surface area contributed by atoms with Gasteiger partial charge in [0, 0.05) is 11.8 Å². The lowest BCUT2D eigenvalue weighted by Gasteiger charge is -2.09. The third-order valence-corrected chi connectivity index (χ3v) is 3.28. The van der Waals surface area contributed by atoms with Gasteiger partial charge in [0.25, 0.3) is 0 Å². The van der Waals surface area contributed by atoms with E-state index in [9.17, 15) is 10.1 Å². The summed E-state index contributed by atoms with van der Waals surface area (Å²) in [6, 6.07) is 7.84. The van der Waals surface area contributed by atoms with Gasteiger partial charge in [-0.05, 0) is 40.2 Å². The summed E-state index contributed by atoms with van der Waals surface area (Å²) in [5, 5.41) is 14.0. The molecule has 0 aliphatic carbocycles. The number of halogens is 2. The van der Waals surface area contributed by atoms with Crippen LogP contribution in [0.15, 0.2) is 34.8 Å². The van der Waals surface area contributed by atoms with Crippen molar-refractivity contribution in [2.45, 2.75) is 0 Å². The van der Waals surface area contributed by atoms with Crippen molar-refractivity contribution in [3.63, 3.8) is 0 Å². The van der Waals surface area contributed by atoms with Crippen molar-refractivity contribution in [2.24, 2.45) is 0 Å². The minimum atomic E-state index is -0.524. The van der Waals surface area contributed by atoms with E-state index in [-0.39, 0.29) is 16.7 Å². The lowest BCUT2D eigenvalue weighted by molar-refractivity contribution is -0.384. The molecule has 2 aromatic rings. The minimum absolute atomic E-state index is 0.0829. The molecule has 0 aliphatic heterocycles. The maximum absolute atomic E-state index is 10.9. The number of methoxy groups -OCH3 is 1. The fourth-order valence-electron chi connectivity index (χ4n) is 1.55. The van der Waals surface area contributed by atoms with Crippen LogP contribution < -0.4 is 10.1 Å². The van der Waals surface area contributed by atoms with Crippen LogP contribution in [0, 0.1) is 10.1 Å². The van der Waals surface area contributed by atoms with Gasteiger partial charge in [0.05, 0.1) is 16.5 Å². The quantitative estimate of drug-likeness (QED) is 0.504. The van der Waals surface area contributed by atoms with Crippen molar-refractivity contribution < 1.29 is 9.66 Å². The van der Waals surface area contributed by atoms with Gasteiger partial charge in [-0.2, -0.15) is 0 Å². The Kier molecular flexibility index (Phi) is 4.41. The molecule has 8 heteroatoms. The van der Waals surface area contributed by atoms with Crippen LogP contribution in [-0.4, -0.2) is 17.0 Å². The van der Waals surface area contributed by atoms with Crippen molar-refractivity contribution >= 4 is 44.7 Å².